The fourth-order valence-electron chi connectivity index (χ4n) is 1.90. The number of aryl methyl sites for hydroxylation is 2. The highest BCUT2D eigenvalue weighted by molar-refractivity contribution is 9.10. The van der Waals surface area contributed by atoms with Crippen LogP contribution in [0.1, 0.15) is 38.6 Å². The molecular formula is C12H22BrN3O2S. The standard InChI is InChI=1S/C12H22BrN3O2S/c1-4-10-12(13)11(16(5-2)15-10)8-19(17,18)9(3)6-7-14/h9H,4-8,14H2,1-3H3. The van der Waals surface area contributed by atoms with E-state index in [2.05, 4.69) is 21.0 Å². The van der Waals surface area contributed by atoms with E-state index in [1.54, 1.807) is 11.6 Å². The summed E-state index contributed by atoms with van der Waals surface area (Å²) in [6.07, 6.45) is 1.26. The summed E-state index contributed by atoms with van der Waals surface area (Å²) in [5.41, 5.74) is 7.08. The van der Waals surface area contributed by atoms with E-state index in [1.807, 2.05) is 13.8 Å². The van der Waals surface area contributed by atoms with Crippen LogP contribution < -0.4 is 5.73 Å². The summed E-state index contributed by atoms with van der Waals surface area (Å²) in [5.74, 6) is 0.00951. The van der Waals surface area contributed by atoms with E-state index in [0.29, 0.717) is 19.5 Å². The summed E-state index contributed by atoms with van der Waals surface area (Å²) >= 11 is 3.47. The number of rotatable bonds is 7. The van der Waals surface area contributed by atoms with Crippen LogP contribution in [0.2, 0.25) is 0 Å². The molecule has 0 aliphatic rings. The highest BCUT2D eigenvalue weighted by Gasteiger charge is 2.25. The molecule has 0 bridgehead atoms. The van der Waals surface area contributed by atoms with Crippen molar-refractivity contribution in [3.05, 3.63) is 15.9 Å². The zero-order chi connectivity index (χ0) is 14.6. The number of hydrogen-bond donors (Lipinski definition) is 1. The minimum atomic E-state index is -3.20. The maximum atomic E-state index is 12.3. The van der Waals surface area contributed by atoms with Crippen molar-refractivity contribution >= 4 is 25.8 Å². The van der Waals surface area contributed by atoms with Crippen LogP contribution in [0.15, 0.2) is 4.47 Å². The third-order valence-electron chi connectivity index (χ3n) is 3.22. The van der Waals surface area contributed by atoms with Crippen molar-refractivity contribution in [2.24, 2.45) is 5.73 Å². The van der Waals surface area contributed by atoms with Gasteiger partial charge in [-0.3, -0.25) is 4.68 Å². The number of nitrogens with zero attached hydrogens (tertiary/aromatic N) is 2. The zero-order valence-corrected chi connectivity index (χ0v) is 14.1. The van der Waals surface area contributed by atoms with Gasteiger partial charge in [0, 0.05) is 6.54 Å². The van der Waals surface area contributed by atoms with Crippen LogP contribution in [-0.4, -0.2) is 30.0 Å². The topological polar surface area (TPSA) is 78.0 Å². The molecule has 0 fully saturated rings. The first kappa shape index (κ1) is 16.7. The molecule has 0 radical (unpaired) electrons. The number of sulfone groups is 1. The monoisotopic (exact) mass is 351 g/mol. The third kappa shape index (κ3) is 3.79. The average molecular weight is 352 g/mol. The maximum Gasteiger partial charge on any atom is 0.158 e. The predicted octanol–water partition coefficient (Wildman–Crippen LogP) is 1.88. The number of nitrogens with two attached hydrogens (primary N) is 1. The summed E-state index contributed by atoms with van der Waals surface area (Å²) in [6.45, 7) is 6.72. The van der Waals surface area contributed by atoms with Crippen molar-refractivity contribution in [1.82, 2.24) is 9.78 Å². The van der Waals surface area contributed by atoms with Crippen molar-refractivity contribution in [2.75, 3.05) is 6.54 Å². The van der Waals surface area contributed by atoms with Crippen LogP contribution in [0.3, 0.4) is 0 Å². The molecule has 110 valence electrons. The highest BCUT2D eigenvalue weighted by atomic mass is 79.9. The second kappa shape index (κ2) is 6.85. The Kier molecular flexibility index (Phi) is 6.01. The van der Waals surface area contributed by atoms with Crippen LogP contribution in [-0.2, 0) is 28.6 Å². The van der Waals surface area contributed by atoms with E-state index >= 15 is 0 Å². The SMILES string of the molecule is CCc1nn(CC)c(CS(=O)(=O)C(C)CCN)c1Br. The molecule has 1 heterocycles. The molecule has 1 aromatic heterocycles. The van der Waals surface area contributed by atoms with Gasteiger partial charge >= 0.3 is 0 Å². The molecule has 0 amide bonds. The number of aromatic nitrogens is 2. The van der Waals surface area contributed by atoms with Gasteiger partial charge in [0.1, 0.15) is 0 Å². The summed E-state index contributed by atoms with van der Waals surface area (Å²) < 4.78 is 27.2. The molecule has 7 heteroatoms. The van der Waals surface area contributed by atoms with E-state index in [1.165, 1.54) is 0 Å². The van der Waals surface area contributed by atoms with E-state index < -0.39 is 15.1 Å². The quantitative estimate of drug-likeness (QED) is 0.813. The molecule has 1 atom stereocenters. The molecule has 0 aliphatic heterocycles. The van der Waals surface area contributed by atoms with Crippen molar-refractivity contribution in [2.45, 2.75) is 51.2 Å². The second-order valence-electron chi connectivity index (χ2n) is 4.57. The molecule has 1 unspecified atom stereocenters. The van der Waals surface area contributed by atoms with Crippen LogP contribution in [0.4, 0.5) is 0 Å². The lowest BCUT2D eigenvalue weighted by Gasteiger charge is -2.12. The molecule has 0 aliphatic carbocycles. The Hall–Kier alpha value is -0.400. The summed E-state index contributed by atoms with van der Waals surface area (Å²) in [7, 11) is -3.20. The Labute approximate surface area is 123 Å². The number of hydrogen-bond acceptors (Lipinski definition) is 4. The van der Waals surface area contributed by atoms with Gasteiger partial charge in [-0.15, -0.1) is 0 Å². The molecule has 1 aromatic rings. The summed E-state index contributed by atoms with van der Waals surface area (Å²) in [4.78, 5) is 0. The molecule has 5 nitrogen and oxygen atoms in total. The fraction of sp³-hybridized carbons (Fsp3) is 0.750. The Morgan fingerprint density at radius 1 is 1.42 bits per heavy atom. The Morgan fingerprint density at radius 3 is 2.53 bits per heavy atom. The molecule has 0 spiro atoms. The normalized spacial score (nSPS) is 13.7. The summed E-state index contributed by atoms with van der Waals surface area (Å²) in [5, 5.41) is 4.00. The van der Waals surface area contributed by atoms with Gasteiger partial charge in [-0.25, -0.2) is 8.42 Å². The lowest BCUT2D eigenvalue weighted by atomic mass is 10.3. The van der Waals surface area contributed by atoms with E-state index in [4.69, 9.17) is 5.73 Å². The average Bonchev–Trinajstić information content (AvgIpc) is 2.66. The minimum absolute atomic E-state index is 0.00951. The van der Waals surface area contributed by atoms with Crippen LogP contribution in [0.5, 0.6) is 0 Å². The van der Waals surface area contributed by atoms with Gasteiger partial charge in [0.2, 0.25) is 0 Å². The lowest BCUT2D eigenvalue weighted by Crippen LogP contribution is -2.24. The highest BCUT2D eigenvalue weighted by Crippen LogP contribution is 2.25. The largest absolute Gasteiger partial charge is 0.330 e. The Morgan fingerprint density at radius 2 is 2.05 bits per heavy atom. The second-order valence-corrected chi connectivity index (χ2v) is 7.78. The van der Waals surface area contributed by atoms with Crippen LogP contribution in [0.25, 0.3) is 0 Å². The Balaban J connectivity index is 3.08. The minimum Gasteiger partial charge on any atom is -0.330 e. The van der Waals surface area contributed by atoms with Crippen molar-refractivity contribution in [1.29, 1.82) is 0 Å². The van der Waals surface area contributed by atoms with Crippen molar-refractivity contribution in [3.63, 3.8) is 0 Å². The van der Waals surface area contributed by atoms with E-state index in [9.17, 15) is 8.42 Å². The van der Waals surface area contributed by atoms with E-state index in [0.717, 1.165) is 22.3 Å². The molecule has 0 saturated carbocycles. The third-order valence-corrected chi connectivity index (χ3v) is 6.27. The van der Waals surface area contributed by atoms with Crippen LogP contribution >= 0.6 is 15.9 Å². The molecular weight excluding hydrogens is 330 g/mol. The van der Waals surface area contributed by atoms with Gasteiger partial charge in [-0.05, 0) is 49.2 Å². The van der Waals surface area contributed by atoms with Gasteiger partial charge in [-0.2, -0.15) is 5.10 Å². The molecule has 0 saturated heterocycles. The van der Waals surface area contributed by atoms with Gasteiger partial charge in [0.05, 0.1) is 26.9 Å². The fourth-order valence-corrected chi connectivity index (χ4v) is 4.25. The Bertz CT molecular complexity index is 525. The van der Waals surface area contributed by atoms with E-state index in [-0.39, 0.29) is 5.75 Å². The first-order valence-corrected chi connectivity index (χ1v) is 9.03. The smallest absolute Gasteiger partial charge is 0.158 e. The molecule has 1 rings (SSSR count). The van der Waals surface area contributed by atoms with Gasteiger partial charge < -0.3 is 5.73 Å². The van der Waals surface area contributed by atoms with Crippen LogP contribution in [0, 0.1) is 0 Å². The first-order valence-electron chi connectivity index (χ1n) is 6.53. The van der Waals surface area contributed by atoms with Gasteiger partial charge in [0.25, 0.3) is 0 Å². The van der Waals surface area contributed by atoms with Crippen molar-refractivity contribution in [3.8, 4) is 0 Å². The molecule has 0 aromatic carbocycles. The molecule has 19 heavy (non-hydrogen) atoms. The van der Waals surface area contributed by atoms with Gasteiger partial charge in [-0.1, -0.05) is 6.92 Å². The predicted molar refractivity (Wildman–Crippen MR) is 80.7 cm³/mol. The zero-order valence-electron chi connectivity index (χ0n) is 11.7. The van der Waals surface area contributed by atoms with Crippen molar-refractivity contribution < 1.29 is 8.42 Å². The molecule has 2 N–H and O–H groups in total. The first-order chi connectivity index (χ1) is 8.87. The number of halogens is 1. The van der Waals surface area contributed by atoms with Gasteiger partial charge in [0.15, 0.2) is 9.84 Å². The summed E-state index contributed by atoms with van der Waals surface area (Å²) in [6, 6.07) is 0. The lowest BCUT2D eigenvalue weighted by molar-refractivity contribution is 0.569. The maximum absolute atomic E-state index is 12.3.